The molecule has 0 aromatic heterocycles. The van der Waals surface area contributed by atoms with E-state index in [0.717, 1.165) is 11.7 Å². The molecule has 2 atom stereocenters. The van der Waals surface area contributed by atoms with E-state index in [1.165, 1.54) is 17.1 Å². The lowest BCUT2D eigenvalue weighted by Gasteiger charge is -2.13. The number of amides is 2. The van der Waals surface area contributed by atoms with Gasteiger partial charge in [0.15, 0.2) is 0 Å². The van der Waals surface area contributed by atoms with Crippen molar-refractivity contribution in [2.24, 2.45) is 5.73 Å². The van der Waals surface area contributed by atoms with Gasteiger partial charge in [-0.3, -0.25) is 14.5 Å². The third kappa shape index (κ3) is 5.37. The molecule has 22 heavy (non-hydrogen) atoms. The molecular formula is C15H22N2O3S2. The summed E-state index contributed by atoms with van der Waals surface area (Å²) in [5.74, 6) is 0.856. The number of hydrogen-bond acceptors (Lipinski definition) is 6. The minimum Gasteiger partial charge on any atom is -0.496 e. The fourth-order valence-electron chi connectivity index (χ4n) is 2.31. The molecule has 122 valence electrons. The van der Waals surface area contributed by atoms with Crippen LogP contribution in [-0.2, 0) is 14.3 Å². The molecule has 2 amide bonds. The van der Waals surface area contributed by atoms with Gasteiger partial charge in [0, 0.05) is 24.0 Å². The maximum absolute atomic E-state index is 11.7. The predicted octanol–water partition coefficient (Wildman–Crippen LogP) is 2.09. The zero-order valence-electron chi connectivity index (χ0n) is 12.5. The molecule has 0 saturated carbocycles. The van der Waals surface area contributed by atoms with Crippen molar-refractivity contribution in [3.05, 3.63) is 24.5 Å². The van der Waals surface area contributed by atoms with Gasteiger partial charge in [-0.2, -0.15) is 0 Å². The summed E-state index contributed by atoms with van der Waals surface area (Å²) < 4.78 is 5.52. The first kappa shape index (κ1) is 17.4. The molecule has 2 fully saturated rings. The lowest BCUT2D eigenvalue weighted by Crippen LogP contribution is -2.34. The fourth-order valence-corrected chi connectivity index (χ4v) is 5.21. The second-order valence-corrected chi connectivity index (χ2v) is 8.01. The average Bonchev–Trinajstić information content (AvgIpc) is 3.12. The van der Waals surface area contributed by atoms with Gasteiger partial charge >= 0.3 is 0 Å². The molecule has 0 aliphatic carbocycles. The molecule has 5 nitrogen and oxygen atoms in total. The summed E-state index contributed by atoms with van der Waals surface area (Å²) in [6, 6.07) is 0. The third-order valence-corrected chi connectivity index (χ3v) is 6.44. The van der Waals surface area contributed by atoms with Crippen LogP contribution in [0.25, 0.3) is 0 Å². The van der Waals surface area contributed by atoms with E-state index in [0.29, 0.717) is 6.54 Å². The first-order chi connectivity index (χ1) is 10.7. The Hall–Kier alpha value is -0.920. The topological polar surface area (TPSA) is 72.6 Å². The van der Waals surface area contributed by atoms with E-state index in [1.54, 1.807) is 6.26 Å². The minimum atomic E-state index is -0.249. The average molecular weight is 342 g/mol. The molecule has 0 spiro atoms. The summed E-state index contributed by atoms with van der Waals surface area (Å²) in [6.45, 7) is 0.582. The Bertz CT molecular complexity index is 448. The highest BCUT2D eigenvalue weighted by molar-refractivity contribution is 8.77. The van der Waals surface area contributed by atoms with Crippen molar-refractivity contribution in [2.45, 2.75) is 37.0 Å². The van der Waals surface area contributed by atoms with Crippen LogP contribution in [0.2, 0.25) is 0 Å². The molecule has 2 aliphatic heterocycles. The van der Waals surface area contributed by atoms with E-state index in [9.17, 15) is 9.59 Å². The summed E-state index contributed by atoms with van der Waals surface area (Å²) in [5.41, 5.74) is 5.34. The van der Waals surface area contributed by atoms with E-state index in [4.69, 9.17) is 10.5 Å². The van der Waals surface area contributed by atoms with Gasteiger partial charge in [0.1, 0.15) is 6.10 Å². The molecular weight excluding hydrogens is 320 g/mol. The Labute approximate surface area is 139 Å². The summed E-state index contributed by atoms with van der Waals surface area (Å²) in [6.07, 6.45) is 10.1. The maximum Gasteiger partial charge on any atom is 0.233 e. The van der Waals surface area contributed by atoms with Gasteiger partial charge in [0.05, 0.1) is 19.2 Å². The second kappa shape index (κ2) is 9.27. The van der Waals surface area contributed by atoms with Crippen molar-refractivity contribution in [3.8, 4) is 0 Å². The number of imide groups is 1. The largest absolute Gasteiger partial charge is 0.496 e. The van der Waals surface area contributed by atoms with E-state index >= 15 is 0 Å². The van der Waals surface area contributed by atoms with E-state index < -0.39 is 0 Å². The van der Waals surface area contributed by atoms with Crippen molar-refractivity contribution >= 4 is 33.4 Å². The lowest BCUT2D eigenvalue weighted by atomic mass is 10.2. The molecule has 0 aromatic rings. The van der Waals surface area contributed by atoms with E-state index in [1.807, 2.05) is 33.7 Å². The van der Waals surface area contributed by atoms with Crippen LogP contribution in [0.4, 0.5) is 0 Å². The standard InChI is InChI=1S/C15H22N2O3S2/c16-7-5-14(18)17-11-12(10-15(17)19)20-8-3-1-2-4-13-6-9-21-22-13/h1-3,8,12-13H,4-7,9-11,16H2. The highest BCUT2D eigenvalue weighted by atomic mass is 33.1. The van der Waals surface area contributed by atoms with Crippen LogP contribution in [0.3, 0.4) is 0 Å². The molecule has 2 heterocycles. The van der Waals surface area contributed by atoms with Crippen LogP contribution in [0.1, 0.15) is 25.7 Å². The predicted molar refractivity (Wildman–Crippen MR) is 91.2 cm³/mol. The third-order valence-electron chi connectivity index (χ3n) is 3.47. The Morgan fingerprint density at radius 3 is 3.05 bits per heavy atom. The van der Waals surface area contributed by atoms with Gasteiger partial charge in [-0.15, -0.1) is 0 Å². The number of nitrogens with two attached hydrogens (primary N) is 1. The van der Waals surface area contributed by atoms with Gasteiger partial charge in [0.25, 0.3) is 0 Å². The Morgan fingerprint density at radius 1 is 1.45 bits per heavy atom. The SMILES string of the molecule is NCCC(=O)N1CC(OC=CC=CCC2CCSS2)CC1=O. The van der Waals surface area contributed by atoms with Gasteiger partial charge in [-0.05, 0) is 18.9 Å². The van der Waals surface area contributed by atoms with Crippen LogP contribution in [0, 0.1) is 0 Å². The number of rotatable bonds is 7. The van der Waals surface area contributed by atoms with Crippen molar-refractivity contribution in [2.75, 3.05) is 18.8 Å². The number of carbonyl (C=O) groups excluding carboxylic acids is 2. The number of carbonyl (C=O) groups is 2. The van der Waals surface area contributed by atoms with Crippen molar-refractivity contribution < 1.29 is 14.3 Å². The van der Waals surface area contributed by atoms with Crippen molar-refractivity contribution in [1.82, 2.24) is 4.90 Å². The Balaban J connectivity index is 1.66. The normalized spacial score (nSPS) is 25.7. The highest BCUT2D eigenvalue weighted by Crippen LogP contribution is 2.39. The smallest absolute Gasteiger partial charge is 0.233 e. The summed E-state index contributed by atoms with van der Waals surface area (Å²) in [5, 5.41) is 0.727. The van der Waals surface area contributed by atoms with Gasteiger partial charge in [-0.25, -0.2) is 0 Å². The zero-order chi connectivity index (χ0) is 15.8. The fraction of sp³-hybridized carbons (Fsp3) is 0.600. The first-order valence-electron chi connectivity index (χ1n) is 7.49. The van der Waals surface area contributed by atoms with Gasteiger partial charge in [-0.1, -0.05) is 33.7 Å². The Kier molecular flexibility index (Phi) is 7.35. The van der Waals surface area contributed by atoms with Crippen molar-refractivity contribution in [3.63, 3.8) is 0 Å². The number of likely N-dealkylation sites (tertiary alicyclic amines) is 1. The molecule has 2 N–H and O–H groups in total. The maximum atomic E-state index is 11.7. The Morgan fingerprint density at radius 2 is 2.32 bits per heavy atom. The van der Waals surface area contributed by atoms with Crippen LogP contribution in [0.5, 0.6) is 0 Å². The first-order valence-corrected chi connectivity index (χ1v) is 9.87. The lowest BCUT2D eigenvalue weighted by molar-refractivity contribution is -0.141. The number of allylic oxidation sites excluding steroid dienone is 3. The number of hydrogen-bond donors (Lipinski definition) is 1. The molecule has 0 radical (unpaired) electrons. The summed E-state index contributed by atoms with van der Waals surface area (Å²) in [7, 11) is 3.90. The number of ether oxygens (including phenoxy) is 1. The molecule has 7 heteroatoms. The monoisotopic (exact) mass is 342 g/mol. The highest BCUT2D eigenvalue weighted by Gasteiger charge is 2.33. The molecule has 2 rings (SSSR count). The second-order valence-electron chi connectivity index (χ2n) is 5.22. The van der Waals surface area contributed by atoms with E-state index in [-0.39, 0.29) is 37.3 Å². The summed E-state index contributed by atoms with van der Waals surface area (Å²) in [4.78, 5) is 24.7. The van der Waals surface area contributed by atoms with Crippen LogP contribution in [0.15, 0.2) is 24.5 Å². The quantitative estimate of drug-likeness (QED) is 0.434. The molecule has 2 aliphatic rings. The van der Waals surface area contributed by atoms with Gasteiger partial charge in [0.2, 0.25) is 11.8 Å². The molecule has 2 saturated heterocycles. The van der Waals surface area contributed by atoms with Crippen LogP contribution < -0.4 is 5.73 Å². The van der Waals surface area contributed by atoms with Crippen LogP contribution >= 0.6 is 21.6 Å². The molecule has 0 aromatic carbocycles. The molecule has 2 unspecified atom stereocenters. The zero-order valence-corrected chi connectivity index (χ0v) is 14.1. The number of nitrogens with zero attached hydrogens (tertiary/aromatic N) is 1. The minimum absolute atomic E-state index is 0.178. The van der Waals surface area contributed by atoms with Gasteiger partial charge < -0.3 is 10.5 Å². The van der Waals surface area contributed by atoms with Crippen LogP contribution in [-0.4, -0.2) is 46.9 Å². The molecule has 0 bridgehead atoms. The van der Waals surface area contributed by atoms with E-state index in [2.05, 4.69) is 6.08 Å². The van der Waals surface area contributed by atoms with Crippen molar-refractivity contribution in [1.29, 1.82) is 0 Å². The summed E-state index contributed by atoms with van der Waals surface area (Å²) >= 11 is 0.